The van der Waals surface area contributed by atoms with E-state index in [-0.39, 0.29) is 0 Å². The van der Waals surface area contributed by atoms with Crippen LogP contribution >= 0.6 is 0 Å². The van der Waals surface area contributed by atoms with E-state index in [9.17, 15) is 0 Å². The fourth-order valence-electron chi connectivity index (χ4n) is 4.59. The molecule has 2 atom stereocenters. The fraction of sp³-hybridized carbons (Fsp3) is 0.700. The van der Waals surface area contributed by atoms with Gasteiger partial charge in [-0.1, -0.05) is 20.3 Å². The van der Waals surface area contributed by atoms with Gasteiger partial charge in [0.25, 0.3) is 0 Å². The Hall–Kier alpha value is -1.22. The molecule has 0 radical (unpaired) electrons. The van der Waals surface area contributed by atoms with E-state index in [0.29, 0.717) is 5.92 Å². The maximum atomic E-state index is 5.76. The van der Waals surface area contributed by atoms with Crippen molar-refractivity contribution in [3.63, 3.8) is 0 Å². The summed E-state index contributed by atoms with van der Waals surface area (Å²) in [4.78, 5) is 2.62. The lowest BCUT2D eigenvalue weighted by molar-refractivity contribution is 0.335. The molecule has 3 nitrogen and oxygen atoms in total. The van der Waals surface area contributed by atoms with Crippen molar-refractivity contribution in [2.45, 2.75) is 51.9 Å². The molecule has 128 valence electrons. The first-order chi connectivity index (χ1) is 11.2. The minimum absolute atomic E-state index is 0.686. The minimum Gasteiger partial charge on any atom is -0.493 e. The second-order valence-corrected chi connectivity index (χ2v) is 7.02. The van der Waals surface area contributed by atoms with Gasteiger partial charge in [-0.25, -0.2) is 0 Å². The molecule has 1 aromatic rings. The zero-order chi connectivity index (χ0) is 16.4. The molecule has 1 fully saturated rings. The molecule has 0 spiro atoms. The summed E-state index contributed by atoms with van der Waals surface area (Å²) in [6.07, 6.45) is 6.06. The number of methoxy groups -OCH3 is 2. The summed E-state index contributed by atoms with van der Waals surface area (Å²) in [7, 11) is 3.54. The predicted molar refractivity (Wildman–Crippen MR) is 94.8 cm³/mol. The first kappa shape index (κ1) is 16.6. The third kappa shape index (κ3) is 2.96. The van der Waals surface area contributed by atoms with Crippen LogP contribution in [-0.4, -0.2) is 38.8 Å². The summed E-state index contributed by atoms with van der Waals surface area (Å²) in [6, 6.07) is 2.25. The van der Waals surface area contributed by atoms with Gasteiger partial charge in [0.05, 0.1) is 14.2 Å². The Morgan fingerprint density at radius 2 is 2.00 bits per heavy atom. The van der Waals surface area contributed by atoms with Gasteiger partial charge in [-0.05, 0) is 55.3 Å². The van der Waals surface area contributed by atoms with E-state index in [1.54, 1.807) is 19.8 Å². The van der Waals surface area contributed by atoms with E-state index in [1.165, 1.54) is 50.0 Å². The predicted octanol–water partition coefficient (Wildman–Crippen LogP) is 4.03. The quantitative estimate of drug-likeness (QED) is 0.791. The number of rotatable bonds is 6. The first-order valence-electron chi connectivity index (χ1n) is 9.22. The highest BCUT2D eigenvalue weighted by atomic mass is 16.5. The van der Waals surface area contributed by atoms with Crippen molar-refractivity contribution in [1.29, 1.82) is 0 Å². The molecule has 0 N–H and O–H groups in total. The molecule has 1 aliphatic heterocycles. The maximum absolute atomic E-state index is 5.76. The Morgan fingerprint density at radius 1 is 1.17 bits per heavy atom. The highest BCUT2D eigenvalue weighted by Gasteiger charge is 2.39. The van der Waals surface area contributed by atoms with Crippen LogP contribution in [0.2, 0.25) is 0 Å². The van der Waals surface area contributed by atoms with E-state index in [2.05, 4.69) is 24.8 Å². The number of ether oxygens (including phenoxy) is 2. The van der Waals surface area contributed by atoms with Crippen LogP contribution in [-0.2, 0) is 12.8 Å². The highest BCUT2D eigenvalue weighted by Crippen LogP contribution is 2.49. The first-order valence-corrected chi connectivity index (χ1v) is 9.22. The van der Waals surface area contributed by atoms with Crippen molar-refractivity contribution in [2.24, 2.45) is 5.92 Å². The van der Waals surface area contributed by atoms with Crippen LogP contribution in [0, 0.1) is 5.92 Å². The molecule has 3 heteroatoms. The van der Waals surface area contributed by atoms with Gasteiger partial charge in [-0.15, -0.1) is 0 Å². The van der Waals surface area contributed by atoms with Crippen LogP contribution in [0.1, 0.15) is 55.7 Å². The van der Waals surface area contributed by atoms with Crippen molar-refractivity contribution >= 4 is 0 Å². The average Bonchev–Trinajstić information content (AvgIpc) is 3.02. The lowest BCUT2D eigenvalue weighted by Crippen LogP contribution is -2.22. The normalized spacial score (nSPS) is 23.5. The summed E-state index contributed by atoms with van der Waals surface area (Å²) in [6.45, 7) is 8.19. The molecule has 0 amide bonds. The number of aryl methyl sites for hydroxylation is 1. The Kier molecular flexibility index (Phi) is 5.15. The molecule has 1 saturated heterocycles. The molecular weight excluding hydrogens is 286 g/mol. The molecule has 1 aromatic carbocycles. The summed E-state index contributed by atoms with van der Waals surface area (Å²) in [5, 5.41) is 0. The monoisotopic (exact) mass is 317 g/mol. The van der Waals surface area contributed by atoms with Crippen LogP contribution in [0.15, 0.2) is 6.07 Å². The summed E-state index contributed by atoms with van der Waals surface area (Å²) >= 11 is 0. The molecule has 2 unspecified atom stereocenters. The maximum Gasteiger partial charge on any atom is 0.164 e. The summed E-state index contributed by atoms with van der Waals surface area (Å²) in [5.74, 6) is 3.41. The van der Waals surface area contributed by atoms with E-state index >= 15 is 0 Å². The second-order valence-electron chi connectivity index (χ2n) is 7.02. The van der Waals surface area contributed by atoms with Crippen LogP contribution in [0.5, 0.6) is 11.5 Å². The second kappa shape index (κ2) is 7.12. The van der Waals surface area contributed by atoms with Gasteiger partial charge in [-0.2, -0.15) is 0 Å². The van der Waals surface area contributed by atoms with Crippen molar-refractivity contribution in [3.8, 4) is 11.5 Å². The largest absolute Gasteiger partial charge is 0.493 e. The number of unbranched alkanes of at least 4 members (excludes halogenated alkanes) is 1. The van der Waals surface area contributed by atoms with Gasteiger partial charge in [0.2, 0.25) is 0 Å². The van der Waals surface area contributed by atoms with Crippen LogP contribution in [0.3, 0.4) is 0 Å². The molecule has 0 saturated carbocycles. The molecule has 23 heavy (non-hydrogen) atoms. The number of nitrogens with zero attached hydrogens (tertiary/aromatic N) is 1. The van der Waals surface area contributed by atoms with E-state index in [1.807, 2.05) is 0 Å². The molecule has 1 aliphatic carbocycles. The van der Waals surface area contributed by atoms with Gasteiger partial charge in [0.1, 0.15) is 0 Å². The number of benzene rings is 1. The van der Waals surface area contributed by atoms with Crippen molar-refractivity contribution in [1.82, 2.24) is 4.90 Å². The Bertz CT molecular complexity index is 555. The lowest BCUT2D eigenvalue weighted by Gasteiger charge is -2.32. The molecule has 0 aromatic heterocycles. The van der Waals surface area contributed by atoms with E-state index in [4.69, 9.17) is 9.47 Å². The lowest BCUT2D eigenvalue weighted by atomic mass is 9.74. The van der Waals surface area contributed by atoms with Gasteiger partial charge < -0.3 is 14.4 Å². The third-order valence-electron chi connectivity index (χ3n) is 5.80. The number of likely N-dealkylation sites (N-methyl/N-ethyl adjacent to an activating group) is 1. The van der Waals surface area contributed by atoms with Crippen LogP contribution in [0.4, 0.5) is 0 Å². The number of hydrogen-bond acceptors (Lipinski definition) is 3. The zero-order valence-electron chi connectivity index (χ0n) is 15.2. The molecular formula is C20H31NO2. The van der Waals surface area contributed by atoms with Crippen LogP contribution < -0.4 is 9.47 Å². The fourth-order valence-corrected chi connectivity index (χ4v) is 4.59. The average molecular weight is 317 g/mol. The van der Waals surface area contributed by atoms with Crippen molar-refractivity contribution in [2.75, 3.05) is 33.9 Å². The van der Waals surface area contributed by atoms with Gasteiger partial charge >= 0.3 is 0 Å². The minimum atomic E-state index is 0.686. The zero-order valence-corrected chi connectivity index (χ0v) is 15.2. The standard InChI is InChI=1S/C20H31NO2/c1-5-7-8-14-11-18(22-3)20(23-4)16-10-9-15-12-21(6-2)13-17(15)19(14)16/h11,15,17H,5-10,12-13H2,1-4H3. The summed E-state index contributed by atoms with van der Waals surface area (Å²) < 4.78 is 11.4. The smallest absolute Gasteiger partial charge is 0.164 e. The Balaban J connectivity index is 2.07. The number of hydrogen-bond donors (Lipinski definition) is 0. The Labute approximate surface area is 141 Å². The van der Waals surface area contributed by atoms with Crippen molar-refractivity contribution in [3.05, 3.63) is 22.8 Å². The van der Waals surface area contributed by atoms with Gasteiger partial charge in [0.15, 0.2) is 11.5 Å². The third-order valence-corrected chi connectivity index (χ3v) is 5.80. The number of likely N-dealkylation sites (tertiary alicyclic amines) is 1. The highest BCUT2D eigenvalue weighted by molar-refractivity contribution is 5.57. The van der Waals surface area contributed by atoms with Crippen molar-refractivity contribution < 1.29 is 9.47 Å². The molecule has 1 heterocycles. The Morgan fingerprint density at radius 3 is 2.65 bits per heavy atom. The molecule has 0 bridgehead atoms. The van der Waals surface area contributed by atoms with E-state index in [0.717, 1.165) is 30.3 Å². The molecule has 2 aliphatic rings. The van der Waals surface area contributed by atoms with Crippen LogP contribution in [0.25, 0.3) is 0 Å². The molecule has 3 rings (SSSR count). The topological polar surface area (TPSA) is 21.7 Å². The van der Waals surface area contributed by atoms with E-state index < -0.39 is 0 Å². The SMILES string of the molecule is CCCCc1cc(OC)c(OC)c2c1C1CN(CC)CC1CC2. The van der Waals surface area contributed by atoms with Gasteiger partial charge in [-0.3, -0.25) is 0 Å². The summed E-state index contributed by atoms with van der Waals surface area (Å²) in [5.41, 5.74) is 4.53. The van der Waals surface area contributed by atoms with Gasteiger partial charge in [0, 0.05) is 24.6 Å². The number of fused-ring (bicyclic) bond motifs is 3.